The second-order valence-corrected chi connectivity index (χ2v) is 7.02. The summed E-state index contributed by atoms with van der Waals surface area (Å²) < 4.78 is 6.05. The molecular weight excluding hydrogens is 280 g/mol. The molecule has 0 aliphatic carbocycles. The molecule has 3 heterocycles. The molecule has 1 aromatic heterocycles. The lowest BCUT2D eigenvalue weighted by Crippen LogP contribution is -2.42. The summed E-state index contributed by atoms with van der Waals surface area (Å²) in [5, 5.41) is 0.677. The molecule has 3 atom stereocenters. The van der Waals surface area contributed by atoms with Crippen molar-refractivity contribution in [1.29, 1.82) is 0 Å². The molecule has 2 fully saturated rings. The molecule has 0 aromatic carbocycles. The number of ether oxygens (including phenoxy) is 1. The number of thioether (sulfide) groups is 1. The monoisotopic (exact) mass is 298 g/mol. The quantitative estimate of drug-likeness (QED) is 0.912. The van der Waals surface area contributed by atoms with E-state index in [2.05, 4.69) is 4.98 Å². The van der Waals surface area contributed by atoms with Crippen molar-refractivity contribution in [3.8, 4) is 0 Å². The Morgan fingerprint density at radius 2 is 2.47 bits per heavy atom. The van der Waals surface area contributed by atoms with Crippen LogP contribution in [0.2, 0.25) is 5.02 Å². The molecule has 3 rings (SSSR count). The third kappa shape index (κ3) is 2.77. The van der Waals surface area contributed by atoms with E-state index in [0.717, 1.165) is 37.2 Å². The Kier molecular flexibility index (Phi) is 4.03. The van der Waals surface area contributed by atoms with E-state index in [-0.39, 0.29) is 11.6 Å². The highest BCUT2D eigenvalue weighted by Gasteiger charge is 2.42. The van der Waals surface area contributed by atoms with Gasteiger partial charge in [-0.15, -0.1) is 0 Å². The van der Waals surface area contributed by atoms with Gasteiger partial charge in [-0.25, -0.2) is 0 Å². The molecule has 0 radical (unpaired) electrons. The van der Waals surface area contributed by atoms with E-state index < -0.39 is 0 Å². The second kappa shape index (κ2) is 5.60. The maximum absolute atomic E-state index is 6.45. The zero-order valence-electron chi connectivity index (χ0n) is 10.8. The maximum Gasteiger partial charge on any atom is 0.0783 e. The van der Waals surface area contributed by atoms with Gasteiger partial charge in [-0.2, -0.15) is 11.8 Å². The first-order valence-electron chi connectivity index (χ1n) is 6.77. The summed E-state index contributed by atoms with van der Waals surface area (Å²) in [4.78, 5) is 4.03. The van der Waals surface area contributed by atoms with E-state index in [9.17, 15) is 0 Å². The minimum Gasteiger partial charge on any atom is -0.374 e. The van der Waals surface area contributed by atoms with Gasteiger partial charge in [0.25, 0.3) is 0 Å². The van der Waals surface area contributed by atoms with Crippen LogP contribution in [0.25, 0.3) is 0 Å². The second-order valence-electron chi connectivity index (χ2n) is 5.51. The van der Waals surface area contributed by atoms with Crippen LogP contribution in [0.1, 0.15) is 30.9 Å². The number of nitrogens with two attached hydrogens (primary N) is 1. The first kappa shape index (κ1) is 13.7. The molecule has 0 bridgehead atoms. The van der Waals surface area contributed by atoms with Gasteiger partial charge in [0.1, 0.15) is 0 Å². The van der Waals surface area contributed by atoms with Crippen molar-refractivity contribution in [2.45, 2.75) is 30.9 Å². The van der Waals surface area contributed by atoms with Gasteiger partial charge in [0.15, 0.2) is 0 Å². The predicted octanol–water partition coefficient (Wildman–Crippen LogP) is 3.04. The molecule has 3 nitrogen and oxygen atoms in total. The SMILES string of the molecule is NC(c1ccncc1Cl)C1CCOC2(CCSC2)C1. The largest absolute Gasteiger partial charge is 0.374 e. The molecule has 0 saturated carbocycles. The number of nitrogens with zero attached hydrogens (tertiary/aromatic N) is 1. The summed E-state index contributed by atoms with van der Waals surface area (Å²) in [7, 11) is 0. The van der Waals surface area contributed by atoms with Crippen molar-refractivity contribution < 1.29 is 4.74 Å². The fourth-order valence-electron chi connectivity index (χ4n) is 3.15. The van der Waals surface area contributed by atoms with E-state index in [4.69, 9.17) is 22.1 Å². The van der Waals surface area contributed by atoms with Crippen LogP contribution >= 0.6 is 23.4 Å². The fraction of sp³-hybridized carbons (Fsp3) is 0.643. The summed E-state index contributed by atoms with van der Waals surface area (Å²) >= 11 is 8.20. The highest BCUT2D eigenvalue weighted by Crippen LogP contribution is 2.43. The first-order valence-corrected chi connectivity index (χ1v) is 8.30. The molecule has 2 N–H and O–H groups in total. The zero-order chi connectivity index (χ0) is 13.3. The van der Waals surface area contributed by atoms with Gasteiger partial charge in [-0.05, 0) is 42.6 Å². The van der Waals surface area contributed by atoms with Crippen LogP contribution in [0, 0.1) is 5.92 Å². The van der Waals surface area contributed by atoms with Crippen LogP contribution in [0.15, 0.2) is 18.5 Å². The van der Waals surface area contributed by atoms with Crippen LogP contribution in [-0.2, 0) is 4.74 Å². The van der Waals surface area contributed by atoms with E-state index in [1.165, 1.54) is 5.75 Å². The normalized spacial score (nSPS) is 32.6. The lowest BCUT2D eigenvalue weighted by atomic mass is 9.79. The Balaban J connectivity index is 1.76. The van der Waals surface area contributed by atoms with Gasteiger partial charge in [-0.1, -0.05) is 11.6 Å². The van der Waals surface area contributed by atoms with Crippen molar-refractivity contribution in [2.75, 3.05) is 18.1 Å². The molecule has 3 unspecified atom stereocenters. The molecular formula is C14H19ClN2OS. The van der Waals surface area contributed by atoms with Crippen molar-refractivity contribution in [2.24, 2.45) is 11.7 Å². The van der Waals surface area contributed by atoms with Crippen molar-refractivity contribution >= 4 is 23.4 Å². The van der Waals surface area contributed by atoms with Crippen LogP contribution in [-0.4, -0.2) is 28.7 Å². The average Bonchev–Trinajstić information content (AvgIpc) is 2.86. The van der Waals surface area contributed by atoms with Crippen LogP contribution < -0.4 is 5.73 Å². The summed E-state index contributed by atoms with van der Waals surface area (Å²) in [6.45, 7) is 0.821. The number of hydrogen-bond donors (Lipinski definition) is 1. The molecule has 0 amide bonds. The Hall–Kier alpha value is -0.290. The fourth-order valence-corrected chi connectivity index (χ4v) is 4.77. The van der Waals surface area contributed by atoms with Crippen molar-refractivity contribution in [3.05, 3.63) is 29.0 Å². The van der Waals surface area contributed by atoms with Gasteiger partial charge in [0.2, 0.25) is 0 Å². The molecule has 104 valence electrons. The minimum absolute atomic E-state index is 0.0122. The van der Waals surface area contributed by atoms with Gasteiger partial charge in [0.05, 0.1) is 10.6 Å². The van der Waals surface area contributed by atoms with Gasteiger partial charge in [-0.3, -0.25) is 4.98 Å². The van der Waals surface area contributed by atoms with Crippen molar-refractivity contribution in [1.82, 2.24) is 4.98 Å². The summed E-state index contributed by atoms with van der Waals surface area (Å²) in [6, 6.07) is 1.93. The minimum atomic E-state index is -0.0122. The molecule has 2 saturated heterocycles. The van der Waals surface area contributed by atoms with E-state index in [1.54, 1.807) is 12.4 Å². The highest BCUT2D eigenvalue weighted by atomic mass is 35.5. The molecule has 2 aliphatic rings. The van der Waals surface area contributed by atoms with Crippen LogP contribution in [0.4, 0.5) is 0 Å². The smallest absolute Gasteiger partial charge is 0.0783 e. The predicted molar refractivity (Wildman–Crippen MR) is 79.5 cm³/mol. The lowest BCUT2D eigenvalue weighted by molar-refractivity contribution is -0.0834. The van der Waals surface area contributed by atoms with E-state index in [0.29, 0.717) is 10.9 Å². The van der Waals surface area contributed by atoms with Gasteiger partial charge in [0, 0.05) is 30.8 Å². The summed E-state index contributed by atoms with van der Waals surface area (Å²) in [5.41, 5.74) is 7.54. The van der Waals surface area contributed by atoms with Gasteiger partial charge < -0.3 is 10.5 Å². The Morgan fingerprint density at radius 3 is 3.21 bits per heavy atom. The Bertz CT molecular complexity index is 451. The Morgan fingerprint density at radius 1 is 1.58 bits per heavy atom. The Labute approximate surface area is 123 Å². The van der Waals surface area contributed by atoms with Crippen LogP contribution in [0.3, 0.4) is 0 Å². The number of halogens is 1. The zero-order valence-corrected chi connectivity index (χ0v) is 12.4. The summed E-state index contributed by atoms with van der Waals surface area (Å²) in [6.07, 6.45) is 6.68. The number of pyridine rings is 1. The van der Waals surface area contributed by atoms with E-state index >= 15 is 0 Å². The van der Waals surface area contributed by atoms with Crippen molar-refractivity contribution in [3.63, 3.8) is 0 Å². The van der Waals surface area contributed by atoms with E-state index in [1.807, 2.05) is 17.8 Å². The number of hydrogen-bond acceptors (Lipinski definition) is 4. The third-order valence-corrected chi connectivity index (χ3v) is 5.81. The highest BCUT2D eigenvalue weighted by molar-refractivity contribution is 7.99. The molecule has 19 heavy (non-hydrogen) atoms. The molecule has 5 heteroatoms. The lowest BCUT2D eigenvalue weighted by Gasteiger charge is -2.40. The topological polar surface area (TPSA) is 48.1 Å². The first-order chi connectivity index (χ1) is 9.20. The third-order valence-electron chi connectivity index (χ3n) is 4.27. The standard InChI is InChI=1S/C14H19ClN2OS/c15-12-8-17-4-1-11(12)13(16)10-2-5-18-14(7-10)3-6-19-9-14/h1,4,8,10,13H,2-3,5-7,9,16H2. The van der Waals surface area contributed by atoms with Gasteiger partial charge >= 0.3 is 0 Å². The molecule has 2 aliphatic heterocycles. The number of aromatic nitrogens is 1. The van der Waals surface area contributed by atoms with Crippen LogP contribution in [0.5, 0.6) is 0 Å². The molecule has 1 spiro atoms. The summed E-state index contributed by atoms with van der Waals surface area (Å²) in [5.74, 6) is 2.77. The molecule has 1 aromatic rings. The average molecular weight is 299 g/mol. The number of rotatable bonds is 2. The maximum atomic E-state index is 6.45.